The number of carbonyl (C=O) groups excluding carboxylic acids is 2. The van der Waals surface area contributed by atoms with Crippen LogP contribution >= 0.6 is 22.6 Å². The average Bonchev–Trinajstić information content (AvgIpc) is 3.24. The van der Waals surface area contributed by atoms with E-state index in [1.807, 2.05) is 73.8 Å². The number of benzene rings is 4. The fourth-order valence-corrected chi connectivity index (χ4v) is 7.42. The summed E-state index contributed by atoms with van der Waals surface area (Å²) in [6, 6.07) is 31.7. The van der Waals surface area contributed by atoms with E-state index in [2.05, 4.69) is 46.9 Å². The fraction of sp³-hybridized carbons (Fsp3) is 0.182. The van der Waals surface area contributed by atoms with Gasteiger partial charge in [0, 0.05) is 15.7 Å². The molecule has 0 spiro atoms. The number of carbonyl (C=O) groups is 2. The van der Waals surface area contributed by atoms with Crippen LogP contribution in [-0.4, -0.2) is 24.6 Å². The molecule has 4 aliphatic rings. The lowest BCUT2D eigenvalue weighted by Crippen LogP contribution is -2.54. The number of amides is 2. The van der Waals surface area contributed by atoms with Gasteiger partial charge in [0.1, 0.15) is 5.75 Å². The zero-order valence-corrected chi connectivity index (χ0v) is 23.4. The number of halogens is 1. The number of para-hydroxylation sites is 1. The van der Waals surface area contributed by atoms with Crippen LogP contribution in [0.2, 0.25) is 0 Å². The lowest BCUT2D eigenvalue weighted by Gasteiger charge is -2.52. The molecule has 1 heterocycles. The first-order valence-corrected chi connectivity index (χ1v) is 14.2. The molecule has 39 heavy (non-hydrogen) atoms. The fourth-order valence-electron chi connectivity index (χ4n) is 6.89. The minimum Gasteiger partial charge on any atom is -0.494 e. The van der Waals surface area contributed by atoms with Crippen molar-refractivity contribution in [3.8, 4) is 5.75 Å². The quantitative estimate of drug-likeness (QED) is 0.142. The number of ether oxygens (including phenoxy) is 1. The predicted octanol–water partition coefficient (Wildman–Crippen LogP) is 6.64. The van der Waals surface area contributed by atoms with E-state index in [9.17, 15) is 9.59 Å². The molecule has 2 amide bonds. The van der Waals surface area contributed by atoms with Crippen molar-refractivity contribution in [3.05, 3.63) is 123 Å². The van der Waals surface area contributed by atoms with Crippen molar-refractivity contribution in [3.63, 3.8) is 0 Å². The maximum Gasteiger partial charge on any atom is 0.239 e. The minimum absolute atomic E-state index is 0.157. The first-order valence-electron chi connectivity index (χ1n) is 13.2. The Hall–Kier alpha value is -3.78. The van der Waals surface area contributed by atoms with Crippen LogP contribution in [0.1, 0.15) is 35.1 Å². The highest BCUT2D eigenvalue weighted by Gasteiger charge is 2.67. The van der Waals surface area contributed by atoms with Gasteiger partial charge in [0.2, 0.25) is 11.8 Å². The van der Waals surface area contributed by atoms with Crippen LogP contribution in [0.3, 0.4) is 0 Å². The third kappa shape index (κ3) is 3.40. The molecule has 8 rings (SSSR count). The predicted molar refractivity (Wildman–Crippen MR) is 160 cm³/mol. The van der Waals surface area contributed by atoms with E-state index in [1.54, 1.807) is 12.1 Å². The van der Waals surface area contributed by atoms with Crippen LogP contribution in [0.25, 0.3) is 0 Å². The molecule has 1 fully saturated rings. The van der Waals surface area contributed by atoms with E-state index >= 15 is 0 Å². The van der Waals surface area contributed by atoms with Crippen LogP contribution < -0.4 is 9.64 Å². The van der Waals surface area contributed by atoms with Crippen LogP contribution in [0, 0.1) is 15.4 Å². The van der Waals surface area contributed by atoms with Crippen LogP contribution in [0.5, 0.6) is 5.75 Å². The van der Waals surface area contributed by atoms with E-state index in [4.69, 9.17) is 9.73 Å². The number of imide groups is 1. The highest BCUT2D eigenvalue weighted by Crippen LogP contribution is 2.63. The summed E-state index contributed by atoms with van der Waals surface area (Å²) < 4.78 is 6.62. The van der Waals surface area contributed by atoms with Gasteiger partial charge in [-0.05, 0) is 88.2 Å². The first-order chi connectivity index (χ1) is 19.1. The van der Waals surface area contributed by atoms with Crippen molar-refractivity contribution in [1.82, 2.24) is 0 Å². The highest BCUT2D eigenvalue weighted by atomic mass is 127. The summed E-state index contributed by atoms with van der Waals surface area (Å²) in [5.74, 6) is -0.948. The highest BCUT2D eigenvalue weighted by molar-refractivity contribution is 14.1. The molecule has 2 atom stereocenters. The molecule has 5 nitrogen and oxygen atoms in total. The Labute approximate surface area is 240 Å². The molecule has 3 aliphatic carbocycles. The minimum atomic E-state index is -0.877. The van der Waals surface area contributed by atoms with Gasteiger partial charge in [0.15, 0.2) is 0 Å². The van der Waals surface area contributed by atoms with E-state index < -0.39 is 17.3 Å². The van der Waals surface area contributed by atoms with Crippen molar-refractivity contribution in [2.75, 3.05) is 11.5 Å². The average molecular weight is 624 g/mol. The van der Waals surface area contributed by atoms with Crippen molar-refractivity contribution in [2.45, 2.75) is 18.3 Å². The second-order valence-corrected chi connectivity index (χ2v) is 11.3. The Kier molecular flexibility index (Phi) is 5.70. The SMILES string of the molecule is CCOc1ccc(N2C(=O)[C@@H]3C4c5ccccc5C(C=Nc5ccccc5I)(c5ccccc54)[C@@H]3C2=O)cc1. The summed E-state index contributed by atoms with van der Waals surface area (Å²) in [4.78, 5) is 35.1. The molecule has 0 saturated carbocycles. The van der Waals surface area contributed by atoms with Crippen LogP contribution in [0.15, 0.2) is 102 Å². The Morgan fingerprint density at radius 3 is 2.10 bits per heavy atom. The molecule has 1 saturated heterocycles. The van der Waals surface area contributed by atoms with E-state index in [1.165, 1.54) is 4.90 Å². The first kappa shape index (κ1) is 24.3. The van der Waals surface area contributed by atoms with E-state index in [-0.39, 0.29) is 17.7 Å². The van der Waals surface area contributed by atoms with Crippen LogP contribution in [0.4, 0.5) is 11.4 Å². The maximum absolute atomic E-state index is 14.5. The maximum atomic E-state index is 14.5. The Bertz CT molecular complexity index is 1610. The molecule has 4 aromatic rings. The standard InChI is InChI=1S/C33H25IN2O3/c1-2-39-21-17-15-20(16-18-21)36-31(37)29-28-22-9-3-5-11-24(22)33(30(29)32(36)38,25-12-6-4-10-23(25)28)19-35-27-14-8-7-13-26(27)34/h3-19,28-30H,2H2,1H3/t28?,29-,30+,33?/m1/s1. The van der Waals surface area contributed by atoms with Crippen molar-refractivity contribution in [2.24, 2.45) is 16.8 Å². The monoisotopic (exact) mass is 624 g/mol. The van der Waals surface area contributed by atoms with Crippen molar-refractivity contribution < 1.29 is 14.3 Å². The summed E-state index contributed by atoms with van der Waals surface area (Å²) in [7, 11) is 0. The summed E-state index contributed by atoms with van der Waals surface area (Å²) >= 11 is 2.29. The number of aliphatic imine (C=N–C) groups is 1. The molecule has 0 unspecified atom stereocenters. The molecule has 0 N–H and O–H groups in total. The Morgan fingerprint density at radius 2 is 1.46 bits per heavy atom. The topological polar surface area (TPSA) is 59.0 Å². The third-order valence-electron chi connectivity index (χ3n) is 8.35. The number of hydrogen-bond donors (Lipinski definition) is 0. The second kappa shape index (κ2) is 9.16. The van der Waals surface area contributed by atoms with Crippen LogP contribution in [-0.2, 0) is 15.0 Å². The van der Waals surface area contributed by atoms with Gasteiger partial charge in [-0.2, -0.15) is 0 Å². The molecule has 0 radical (unpaired) electrons. The van der Waals surface area contributed by atoms with E-state index in [0.717, 1.165) is 31.5 Å². The molecule has 2 bridgehead atoms. The number of hydrogen-bond acceptors (Lipinski definition) is 4. The van der Waals surface area contributed by atoms with Gasteiger partial charge in [-0.25, -0.2) is 4.90 Å². The summed E-state index contributed by atoms with van der Waals surface area (Å²) in [6.45, 7) is 2.47. The van der Waals surface area contributed by atoms with Crippen molar-refractivity contribution in [1.29, 1.82) is 0 Å². The van der Waals surface area contributed by atoms with Gasteiger partial charge in [-0.1, -0.05) is 60.7 Å². The van der Waals surface area contributed by atoms with Gasteiger partial charge in [0.05, 0.1) is 35.2 Å². The molecule has 192 valence electrons. The van der Waals surface area contributed by atoms with Gasteiger partial charge in [-0.15, -0.1) is 0 Å². The van der Waals surface area contributed by atoms with Crippen molar-refractivity contribution >= 4 is 52.0 Å². The largest absolute Gasteiger partial charge is 0.494 e. The molecule has 1 aliphatic heterocycles. The molecular weight excluding hydrogens is 599 g/mol. The smallest absolute Gasteiger partial charge is 0.239 e. The van der Waals surface area contributed by atoms with Gasteiger partial charge in [0.25, 0.3) is 0 Å². The molecule has 4 aromatic carbocycles. The Morgan fingerprint density at radius 1 is 0.846 bits per heavy atom. The lowest BCUT2D eigenvalue weighted by atomic mass is 9.47. The van der Waals surface area contributed by atoms with Gasteiger partial charge in [-0.3, -0.25) is 14.6 Å². The third-order valence-corrected chi connectivity index (χ3v) is 9.26. The van der Waals surface area contributed by atoms with Gasteiger partial charge < -0.3 is 4.74 Å². The van der Waals surface area contributed by atoms with E-state index in [0.29, 0.717) is 18.0 Å². The zero-order valence-electron chi connectivity index (χ0n) is 21.3. The normalized spacial score (nSPS) is 24.6. The summed E-state index contributed by atoms with van der Waals surface area (Å²) in [6.07, 6.45) is 1.95. The summed E-state index contributed by atoms with van der Waals surface area (Å²) in [5, 5.41) is 0. The lowest BCUT2D eigenvalue weighted by molar-refractivity contribution is -0.122. The molecule has 6 heteroatoms. The number of anilines is 1. The second-order valence-electron chi connectivity index (χ2n) is 10.2. The molecule has 0 aromatic heterocycles. The molecular formula is C33H25IN2O3. The zero-order chi connectivity index (χ0) is 26.7. The number of rotatable bonds is 5. The number of nitrogens with zero attached hydrogens (tertiary/aromatic N) is 2. The Balaban J connectivity index is 1.46. The van der Waals surface area contributed by atoms with Gasteiger partial charge >= 0.3 is 0 Å². The summed E-state index contributed by atoms with van der Waals surface area (Å²) in [5.41, 5.74) is 4.84.